The zero-order valence-electron chi connectivity index (χ0n) is 15.6. The Labute approximate surface area is 152 Å². The number of carbonyl (C=O) groups excluding carboxylic acids is 1. The van der Waals surface area contributed by atoms with E-state index in [1.54, 1.807) is 17.4 Å². The molecule has 1 heterocycles. The highest BCUT2D eigenvalue weighted by atomic mass is 16.4. The van der Waals surface area contributed by atoms with E-state index in [1.165, 1.54) is 6.07 Å². The van der Waals surface area contributed by atoms with E-state index in [4.69, 9.17) is 4.42 Å². The van der Waals surface area contributed by atoms with Gasteiger partial charge in [0.15, 0.2) is 5.58 Å². The van der Waals surface area contributed by atoms with Crippen LogP contribution in [0.5, 0.6) is 5.75 Å². The largest absolute Gasteiger partial charge is 0.544 e. The number of aliphatic carboxylic acids is 1. The SMILES string of the molecule is CCCCc1cc(=O)oc2c(C[NH2+][C@H](CC(C)C)C(=O)[O-])c(O)ccc12. The van der Waals surface area contributed by atoms with Crippen LogP contribution in [0.15, 0.2) is 27.4 Å². The highest BCUT2D eigenvalue weighted by Crippen LogP contribution is 2.28. The van der Waals surface area contributed by atoms with Gasteiger partial charge < -0.3 is 24.7 Å². The number of phenols is 1. The molecule has 0 aliphatic carbocycles. The third kappa shape index (κ3) is 4.85. The van der Waals surface area contributed by atoms with Gasteiger partial charge in [-0.15, -0.1) is 0 Å². The number of hydrogen-bond donors (Lipinski definition) is 2. The van der Waals surface area contributed by atoms with E-state index in [0.717, 1.165) is 30.2 Å². The zero-order valence-corrected chi connectivity index (χ0v) is 15.6. The molecule has 2 rings (SSSR count). The molecule has 3 N–H and O–H groups in total. The predicted molar refractivity (Wildman–Crippen MR) is 96.6 cm³/mol. The fraction of sp³-hybridized carbons (Fsp3) is 0.500. The summed E-state index contributed by atoms with van der Waals surface area (Å²) in [5.74, 6) is -0.941. The number of benzene rings is 1. The fourth-order valence-corrected chi connectivity index (χ4v) is 3.16. The van der Waals surface area contributed by atoms with Crippen LogP contribution < -0.4 is 16.0 Å². The van der Waals surface area contributed by atoms with Crippen LogP contribution >= 0.6 is 0 Å². The van der Waals surface area contributed by atoms with Crippen molar-refractivity contribution in [3.05, 3.63) is 39.7 Å². The number of hydrogen-bond acceptors (Lipinski definition) is 5. The Morgan fingerprint density at radius 3 is 2.69 bits per heavy atom. The number of quaternary nitrogens is 1. The van der Waals surface area contributed by atoms with Gasteiger partial charge in [-0.1, -0.05) is 27.2 Å². The number of carboxylic acids is 1. The second-order valence-electron chi connectivity index (χ2n) is 7.13. The molecule has 26 heavy (non-hydrogen) atoms. The highest BCUT2D eigenvalue weighted by molar-refractivity contribution is 5.85. The lowest BCUT2D eigenvalue weighted by Crippen LogP contribution is -2.91. The van der Waals surface area contributed by atoms with Crippen molar-refractivity contribution in [3.8, 4) is 5.75 Å². The number of carbonyl (C=O) groups is 1. The summed E-state index contributed by atoms with van der Waals surface area (Å²) >= 11 is 0. The fourth-order valence-electron chi connectivity index (χ4n) is 3.16. The van der Waals surface area contributed by atoms with Crippen molar-refractivity contribution in [1.29, 1.82) is 0 Å². The number of nitrogens with two attached hydrogens (primary N) is 1. The number of rotatable bonds is 9. The molecule has 1 aromatic heterocycles. The molecule has 6 heteroatoms. The maximum atomic E-state index is 12.0. The van der Waals surface area contributed by atoms with Crippen molar-refractivity contribution in [2.24, 2.45) is 5.92 Å². The topological polar surface area (TPSA) is 107 Å². The van der Waals surface area contributed by atoms with Gasteiger partial charge in [-0.3, -0.25) is 0 Å². The van der Waals surface area contributed by atoms with Crippen LogP contribution in [0.3, 0.4) is 0 Å². The summed E-state index contributed by atoms with van der Waals surface area (Å²) in [4.78, 5) is 23.3. The van der Waals surface area contributed by atoms with Crippen LogP contribution in [0.25, 0.3) is 11.0 Å². The molecule has 0 amide bonds. The summed E-state index contributed by atoms with van der Waals surface area (Å²) in [7, 11) is 0. The summed E-state index contributed by atoms with van der Waals surface area (Å²) in [6, 6.07) is 4.08. The summed E-state index contributed by atoms with van der Waals surface area (Å²) < 4.78 is 5.37. The molecule has 0 fully saturated rings. The predicted octanol–water partition coefficient (Wildman–Crippen LogP) is 1.07. The Morgan fingerprint density at radius 2 is 2.08 bits per heavy atom. The van der Waals surface area contributed by atoms with Gasteiger partial charge in [0, 0.05) is 17.9 Å². The van der Waals surface area contributed by atoms with Gasteiger partial charge in [-0.25, -0.2) is 4.79 Å². The van der Waals surface area contributed by atoms with E-state index < -0.39 is 17.6 Å². The average Bonchev–Trinajstić information content (AvgIpc) is 2.57. The first kappa shape index (κ1) is 20.0. The van der Waals surface area contributed by atoms with Crippen molar-refractivity contribution < 1.29 is 24.7 Å². The van der Waals surface area contributed by atoms with E-state index in [1.807, 2.05) is 13.8 Å². The molecule has 2 aromatic rings. The van der Waals surface area contributed by atoms with Crippen LogP contribution in [-0.2, 0) is 17.8 Å². The number of unbranched alkanes of at least 4 members (excludes halogenated alkanes) is 1. The van der Waals surface area contributed by atoms with Crippen molar-refractivity contribution in [1.82, 2.24) is 0 Å². The number of phenolic OH excluding ortho intramolecular Hbond substituents is 1. The van der Waals surface area contributed by atoms with E-state index in [2.05, 4.69) is 6.92 Å². The maximum Gasteiger partial charge on any atom is 0.336 e. The lowest BCUT2D eigenvalue weighted by Gasteiger charge is -2.19. The molecule has 0 bridgehead atoms. The van der Waals surface area contributed by atoms with Crippen molar-refractivity contribution in [2.75, 3.05) is 0 Å². The van der Waals surface area contributed by atoms with Crippen molar-refractivity contribution >= 4 is 16.9 Å². The van der Waals surface area contributed by atoms with Gasteiger partial charge >= 0.3 is 5.63 Å². The minimum Gasteiger partial charge on any atom is -0.544 e. The first-order chi connectivity index (χ1) is 12.3. The normalized spacial score (nSPS) is 12.6. The van der Waals surface area contributed by atoms with Crippen LogP contribution in [0.1, 0.15) is 51.2 Å². The van der Waals surface area contributed by atoms with Crippen LogP contribution in [0, 0.1) is 5.92 Å². The summed E-state index contributed by atoms with van der Waals surface area (Å²) in [6.07, 6.45) is 3.16. The molecule has 0 saturated carbocycles. The molecule has 142 valence electrons. The number of carboxylic acid groups (broad SMARTS) is 1. The minimum atomic E-state index is -1.14. The molecular formula is C20H27NO5. The third-order valence-corrected chi connectivity index (χ3v) is 4.51. The monoisotopic (exact) mass is 361 g/mol. The quantitative estimate of drug-likeness (QED) is 0.650. The van der Waals surface area contributed by atoms with Crippen LogP contribution in [0.4, 0.5) is 0 Å². The van der Waals surface area contributed by atoms with E-state index >= 15 is 0 Å². The van der Waals surface area contributed by atoms with Gasteiger partial charge in [-0.05, 0) is 36.5 Å². The third-order valence-electron chi connectivity index (χ3n) is 4.51. The van der Waals surface area contributed by atoms with Crippen molar-refractivity contribution in [3.63, 3.8) is 0 Å². The van der Waals surface area contributed by atoms with Gasteiger partial charge in [0.1, 0.15) is 18.3 Å². The number of aryl methyl sites for hydroxylation is 1. The lowest BCUT2D eigenvalue weighted by atomic mass is 10.0. The first-order valence-corrected chi connectivity index (χ1v) is 9.15. The van der Waals surface area contributed by atoms with Crippen molar-refractivity contribution in [2.45, 2.75) is 59.0 Å². The molecule has 1 aromatic carbocycles. The molecular weight excluding hydrogens is 334 g/mol. The molecule has 1 atom stereocenters. The Kier molecular flexibility index (Phi) is 6.80. The second kappa shape index (κ2) is 8.85. The van der Waals surface area contributed by atoms with Crippen LogP contribution in [-0.4, -0.2) is 17.1 Å². The minimum absolute atomic E-state index is 0.00816. The Bertz CT molecular complexity index is 825. The van der Waals surface area contributed by atoms with Gasteiger partial charge in [0.2, 0.25) is 0 Å². The number of fused-ring (bicyclic) bond motifs is 1. The standard InChI is InChI=1S/C20H27NO5/c1-4-5-6-13-10-18(23)26-19-14(13)7-8-17(22)15(19)11-21-16(20(24)25)9-12(2)3/h7-8,10,12,16,21-22H,4-6,9,11H2,1-3H3,(H,24,25)/t16-/m1/s1. The molecule has 0 spiro atoms. The van der Waals surface area contributed by atoms with Crippen LogP contribution in [0.2, 0.25) is 0 Å². The molecule has 0 aliphatic heterocycles. The molecule has 0 aliphatic rings. The summed E-state index contributed by atoms with van der Waals surface area (Å²) in [5.41, 5.74) is 1.20. The average molecular weight is 361 g/mol. The summed E-state index contributed by atoms with van der Waals surface area (Å²) in [5, 5.41) is 24.0. The van der Waals surface area contributed by atoms with Gasteiger partial charge in [-0.2, -0.15) is 0 Å². The molecule has 0 saturated heterocycles. The Morgan fingerprint density at radius 1 is 1.35 bits per heavy atom. The molecule has 0 radical (unpaired) electrons. The molecule has 0 unspecified atom stereocenters. The highest BCUT2D eigenvalue weighted by Gasteiger charge is 2.19. The first-order valence-electron chi connectivity index (χ1n) is 9.15. The van der Waals surface area contributed by atoms with Gasteiger partial charge in [0.05, 0.1) is 11.5 Å². The Balaban J connectivity index is 2.40. The summed E-state index contributed by atoms with van der Waals surface area (Å²) in [6.45, 7) is 6.15. The lowest BCUT2D eigenvalue weighted by molar-refractivity contribution is -0.699. The maximum absolute atomic E-state index is 12.0. The van der Waals surface area contributed by atoms with Gasteiger partial charge in [0.25, 0.3) is 0 Å². The number of aromatic hydroxyl groups is 1. The second-order valence-corrected chi connectivity index (χ2v) is 7.13. The smallest absolute Gasteiger partial charge is 0.336 e. The Hall–Kier alpha value is -2.34. The zero-order chi connectivity index (χ0) is 19.3. The molecule has 6 nitrogen and oxygen atoms in total. The van der Waals surface area contributed by atoms with E-state index in [0.29, 0.717) is 17.6 Å². The van der Waals surface area contributed by atoms with E-state index in [9.17, 15) is 19.8 Å². The van der Waals surface area contributed by atoms with E-state index in [-0.39, 0.29) is 18.2 Å².